The van der Waals surface area contributed by atoms with E-state index < -0.39 is 10.0 Å². The Hall–Kier alpha value is -2.96. The minimum atomic E-state index is -3.34. The van der Waals surface area contributed by atoms with E-state index in [1.165, 1.54) is 18.1 Å². The van der Waals surface area contributed by atoms with E-state index in [9.17, 15) is 13.2 Å². The lowest BCUT2D eigenvalue weighted by Gasteiger charge is -2.29. The van der Waals surface area contributed by atoms with Crippen molar-refractivity contribution in [3.05, 3.63) is 69.3 Å². The van der Waals surface area contributed by atoms with Crippen molar-refractivity contribution in [1.29, 1.82) is 0 Å². The molecule has 2 N–H and O–H groups in total. The van der Waals surface area contributed by atoms with Crippen LogP contribution in [0, 0.1) is 0 Å². The number of benzene rings is 2. The predicted octanol–water partition coefficient (Wildman–Crippen LogP) is 3.39. The number of carbonyl (C=O) groups excluding carboxylic acids is 1. The second-order valence-electron chi connectivity index (χ2n) is 8.35. The first-order chi connectivity index (χ1) is 17.2. The Morgan fingerprint density at radius 3 is 2.67 bits per heavy atom. The normalized spacial score (nSPS) is 15.8. The van der Waals surface area contributed by atoms with E-state index in [4.69, 9.17) is 27.9 Å². The Labute approximate surface area is 218 Å². The molecule has 2 aliphatic heterocycles. The largest absolute Gasteiger partial charge is 0.455 e. The third-order valence-corrected chi connectivity index (χ3v) is 7.92. The molecule has 0 atom stereocenters. The lowest BCUT2D eigenvalue weighted by molar-refractivity contribution is 0.0932. The number of carbonyl (C=O) groups is 1. The van der Waals surface area contributed by atoms with E-state index >= 15 is 0 Å². The van der Waals surface area contributed by atoms with Gasteiger partial charge in [-0.3, -0.25) is 14.6 Å². The molecule has 0 saturated carbocycles. The highest BCUT2D eigenvalue weighted by Gasteiger charge is 2.31. The van der Waals surface area contributed by atoms with Crippen LogP contribution in [-0.4, -0.2) is 55.4 Å². The molecule has 0 unspecified atom stereocenters. The number of ether oxygens (including phenoxy) is 1. The van der Waals surface area contributed by atoms with Gasteiger partial charge < -0.3 is 10.1 Å². The summed E-state index contributed by atoms with van der Waals surface area (Å²) in [5.41, 5.74) is 3.48. The van der Waals surface area contributed by atoms with Crippen LogP contribution >= 0.6 is 23.2 Å². The summed E-state index contributed by atoms with van der Waals surface area (Å²) in [5, 5.41) is 3.80. The van der Waals surface area contributed by atoms with Gasteiger partial charge in [-0.15, -0.1) is 0 Å². The molecule has 0 spiro atoms. The van der Waals surface area contributed by atoms with Crippen LogP contribution in [0.1, 0.15) is 21.5 Å². The number of fused-ring (bicyclic) bond motifs is 2. The van der Waals surface area contributed by atoms with Gasteiger partial charge in [-0.25, -0.2) is 18.1 Å². The molecule has 2 aliphatic rings. The Kier molecular flexibility index (Phi) is 6.75. The van der Waals surface area contributed by atoms with Crippen LogP contribution in [-0.2, 0) is 23.0 Å². The van der Waals surface area contributed by atoms with Crippen molar-refractivity contribution < 1.29 is 17.9 Å². The fourth-order valence-corrected chi connectivity index (χ4v) is 5.59. The van der Waals surface area contributed by atoms with Crippen molar-refractivity contribution in [1.82, 2.24) is 19.6 Å². The summed E-state index contributed by atoms with van der Waals surface area (Å²) in [6.45, 7) is 1.07. The number of hydrogen-bond acceptors (Lipinski definition) is 8. The van der Waals surface area contributed by atoms with E-state index in [0.29, 0.717) is 28.8 Å². The van der Waals surface area contributed by atoms with E-state index in [-0.39, 0.29) is 35.9 Å². The monoisotopic (exact) mass is 548 g/mol. The zero-order chi connectivity index (χ0) is 25.4. The predicted molar refractivity (Wildman–Crippen MR) is 137 cm³/mol. The zero-order valence-electron chi connectivity index (χ0n) is 19.2. The van der Waals surface area contributed by atoms with E-state index in [2.05, 4.69) is 20.0 Å². The van der Waals surface area contributed by atoms with Gasteiger partial charge in [-0.2, -0.15) is 4.98 Å². The molecule has 0 aliphatic carbocycles. The van der Waals surface area contributed by atoms with Crippen LogP contribution in [0.3, 0.4) is 0 Å². The highest BCUT2D eigenvalue weighted by Crippen LogP contribution is 2.37. The van der Waals surface area contributed by atoms with Crippen molar-refractivity contribution in [2.24, 2.45) is 0 Å². The van der Waals surface area contributed by atoms with Gasteiger partial charge >= 0.3 is 0 Å². The number of nitrogens with one attached hydrogen (secondary N) is 2. The molecule has 36 heavy (non-hydrogen) atoms. The fraction of sp³-hybridized carbons (Fsp3) is 0.261. The van der Waals surface area contributed by atoms with E-state index in [1.807, 2.05) is 23.1 Å². The Balaban J connectivity index is 1.33. The van der Waals surface area contributed by atoms with Crippen LogP contribution in [0.2, 0.25) is 10.0 Å². The number of aromatic nitrogens is 2. The molecule has 1 aromatic heterocycles. The molecule has 13 heteroatoms. The zero-order valence-corrected chi connectivity index (χ0v) is 21.5. The molecule has 0 fully saturated rings. The molecule has 3 heterocycles. The third kappa shape index (κ3) is 4.97. The maximum Gasteiger partial charge on any atom is 0.268 e. The first kappa shape index (κ1) is 24.7. The lowest BCUT2D eigenvalue weighted by Crippen LogP contribution is -2.39. The maximum absolute atomic E-state index is 13.1. The van der Waals surface area contributed by atoms with Gasteiger partial charge in [0.05, 0.1) is 15.7 Å². The molecule has 10 nitrogen and oxygen atoms in total. The van der Waals surface area contributed by atoms with Gasteiger partial charge in [-0.1, -0.05) is 35.3 Å². The number of para-hydroxylation sites is 1. The first-order valence-electron chi connectivity index (χ1n) is 11.0. The number of sulfonamides is 1. The number of anilines is 3. The molecule has 5 rings (SSSR count). The molecular weight excluding hydrogens is 527 g/mol. The summed E-state index contributed by atoms with van der Waals surface area (Å²) in [6.07, 6.45) is 2.15. The van der Waals surface area contributed by atoms with Gasteiger partial charge in [-0.05, 0) is 48.9 Å². The minimum absolute atomic E-state index is 0.0592. The van der Waals surface area contributed by atoms with Crippen molar-refractivity contribution in [2.45, 2.75) is 13.0 Å². The SMILES string of the molecule is CNS(=O)(=O)CN1CCc2ccc(Nc3ncc4c(n3)OCN(c3c(Cl)cccc3Cl)C4=O)cc2C1. The number of rotatable bonds is 6. The first-order valence-corrected chi connectivity index (χ1v) is 13.4. The smallest absolute Gasteiger partial charge is 0.268 e. The van der Waals surface area contributed by atoms with Crippen LogP contribution in [0.5, 0.6) is 5.88 Å². The van der Waals surface area contributed by atoms with E-state index in [0.717, 1.165) is 23.2 Å². The van der Waals surface area contributed by atoms with Gasteiger partial charge in [0.1, 0.15) is 11.4 Å². The van der Waals surface area contributed by atoms with Crippen LogP contribution in [0.4, 0.5) is 17.3 Å². The molecule has 188 valence electrons. The van der Waals surface area contributed by atoms with Gasteiger partial charge in [0.25, 0.3) is 5.91 Å². The number of nitrogens with zero attached hydrogens (tertiary/aromatic N) is 4. The molecular formula is C23H22Cl2N6O4S. The van der Waals surface area contributed by atoms with Crippen LogP contribution in [0.25, 0.3) is 0 Å². The van der Waals surface area contributed by atoms with E-state index in [1.54, 1.807) is 18.2 Å². The Morgan fingerprint density at radius 2 is 1.92 bits per heavy atom. The number of hydrogen-bond donors (Lipinski definition) is 2. The van der Waals surface area contributed by atoms with Crippen molar-refractivity contribution >= 4 is 56.5 Å². The van der Waals surface area contributed by atoms with Crippen molar-refractivity contribution in [3.63, 3.8) is 0 Å². The summed E-state index contributed by atoms with van der Waals surface area (Å²) in [7, 11) is -1.93. The summed E-state index contributed by atoms with van der Waals surface area (Å²) in [4.78, 5) is 24.9. The highest BCUT2D eigenvalue weighted by molar-refractivity contribution is 7.89. The molecule has 3 aromatic rings. The summed E-state index contributed by atoms with van der Waals surface area (Å²) >= 11 is 12.5. The van der Waals surface area contributed by atoms with Gasteiger partial charge in [0, 0.05) is 25.0 Å². The molecule has 1 amide bonds. The number of amides is 1. The van der Waals surface area contributed by atoms with Gasteiger partial charge in [0.2, 0.25) is 21.9 Å². The number of halogens is 2. The van der Waals surface area contributed by atoms with Crippen LogP contribution in [0.15, 0.2) is 42.6 Å². The second kappa shape index (κ2) is 9.83. The summed E-state index contributed by atoms with van der Waals surface area (Å²) < 4.78 is 31.9. The summed E-state index contributed by atoms with van der Waals surface area (Å²) in [6, 6.07) is 10.9. The van der Waals surface area contributed by atoms with Gasteiger partial charge in [0.15, 0.2) is 6.73 Å². The lowest BCUT2D eigenvalue weighted by atomic mass is 9.99. The molecule has 2 aromatic carbocycles. The Morgan fingerprint density at radius 1 is 1.14 bits per heavy atom. The molecule has 0 radical (unpaired) electrons. The maximum atomic E-state index is 13.1. The molecule has 0 bridgehead atoms. The minimum Gasteiger partial charge on any atom is -0.455 e. The van der Waals surface area contributed by atoms with Crippen LogP contribution < -0.4 is 19.7 Å². The van der Waals surface area contributed by atoms with Crippen molar-refractivity contribution in [3.8, 4) is 5.88 Å². The summed E-state index contributed by atoms with van der Waals surface area (Å²) in [5.74, 6) is -0.0197. The average Bonchev–Trinajstić information content (AvgIpc) is 2.85. The fourth-order valence-electron chi connectivity index (χ4n) is 4.16. The standard InChI is InChI=1S/C23H22Cl2N6O4S/c1-26-36(33,34)13-30-8-7-14-5-6-16(9-15(14)11-30)28-23-27-10-17-21(29-23)35-12-31(22(17)32)20-18(24)3-2-4-19(20)25/h2-6,9-10,26H,7-8,11-13H2,1H3,(H,27,28,29). The van der Waals surface area contributed by atoms with Crippen molar-refractivity contribution in [2.75, 3.05) is 36.4 Å². The average molecular weight is 549 g/mol. The third-order valence-electron chi connectivity index (χ3n) is 5.98. The highest BCUT2D eigenvalue weighted by atomic mass is 35.5. The molecule has 0 saturated heterocycles. The topological polar surface area (TPSA) is 117 Å². The second-order valence-corrected chi connectivity index (χ2v) is 11.1. The Bertz CT molecular complexity index is 1430. The quantitative estimate of drug-likeness (QED) is 0.481.